The van der Waals surface area contributed by atoms with Crippen LogP contribution in [0.1, 0.15) is 11.1 Å². The molecular weight excluding hydrogens is 371 g/mol. The summed E-state index contributed by atoms with van der Waals surface area (Å²) in [5.74, 6) is 0. The predicted molar refractivity (Wildman–Crippen MR) is 102 cm³/mol. The zero-order valence-corrected chi connectivity index (χ0v) is 15.5. The smallest absolute Gasteiger partial charge is 0.367 e. The van der Waals surface area contributed by atoms with Crippen molar-refractivity contribution in [3.8, 4) is 0 Å². The van der Waals surface area contributed by atoms with Gasteiger partial charge in [0, 0.05) is 32.7 Å². The number of anilines is 1. The maximum absolute atomic E-state index is 12.6. The Morgan fingerprint density at radius 2 is 1.74 bits per heavy atom. The lowest BCUT2D eigenvalue weighted by Crippen LogP contribution is -2.47. The average molecular weight is 390 g/mol. The molecule has 2 heterocycles. The van der Waals surface area contributed by atoms with Crippen LogP contribution < -0.4 is 4.90 Å². The Hall–Kier alpha value is -2.12. The first-order valence-electron chi connectivity index (χ1n) is 8.90. The fraction of sp³-hybridized carbons (Fsp3) is 0.350. The molecule has 1 fully saturated rings. The van der Waals surface area contributed by atoms with Gasteiger partial charge in [0.15, 0.2) is 5.51 Å². The first kappa shape index (κ1) is 18.3. The first-order chi connectivity index (χ1) is 13.0. The molecule has 1 aliphatic rings. The molecule has 141 valence electrons. The molecule has 3 nitrogen and oxygen atoms in total. The van der Waals surface area contributed by atoms with E-state index in [1.165, 1.54) is 23.5 Å². The second-order valence-corrected chi connectivity index (χ2v) is 7.53. The predicted octanol–water partition coefficient (Wildman–Crippen LogP) is 4.48. The number of benzene rings is 2. The van der Waals surface area contributed by atoms with Crippen molar-refractivity contribution < 1.29 is 13.2 Å². The molecule has 0 spiro atoms. The minimum atomic E-state index is -4.27. The van der Waals surface area contributed by atoms with Crippen LogP contribution in [0.5, 0.6) is 0 Å². The van der Waals surface area contributed by atoms with Crippen molar-refractivity contribution in [2.45, 2.75) is 12.6 Å². The van der Waals surface area contributed by atoms with Gasteiger partial charge in [-0.05, 0) is 36.2 Å². The van der Waals surface area contributed by atoms with Gasteiger partial charge in [-0.15, -0.1) is 11.3 Å². The number of rotatable bonds is 4. The third kappa shape index (κ3) is 4.09. The van der Waals surface area contributed by atoms with Gasteiger partial charge < -0.3 is 4.90 Å². The van der Waals surface area contributed by atoms with Crippen LogP contribution >= 0.6 is 11.3 Å². The zero-order chi connectivity index (χ0) is 18.9. The summed E-state index contributed by atoms with van der Waals surface area (Å²) in [7, 11) is 0. The summed E-state index contributed by atoms with van der Waals surface area (Å²) in [6.45, 7) is 4.57. The molecule has 0 N–H and O–H groups in total. The highest BCUT2D eigenvalue weighted by molar-refractivity contribution is 7.16. The fourth-order valence-corrected chi connectivity index (χ4v) is 4.07. The molecule has 0 saturated carbocycles. The van der Waals surface area contributed by atoms with Crippen LogP contribution in [0.3, 0.4) is 0 Å². The highest BCUT2D eigenvalue weighted by Crippen LogP contribution is 2.30. The molecule has 7 heteroatoms. The van der Waals surface area contributed by atoms with Crippen molar-refractivity contribution in [2.75, 3.05) is 37.6 Å². The van der Waals surface area contributed by atoms with Gasteiger partial charge in [0.05, 0.1) is 16.0 Å². The molecule has 1 aromatic heterocycles. The van der Waals surface area contributed by atoms with Gasteiger partial charge in [-0.1, -0.05) is 18.2 Å². The highest BCUT2D eigenvalue weighted by Gasteiger charge is 2.30. The second-order valence-electron chi connectivity index (χ2n) is 6.70. The number of aromatic nitrogens is 1. The Balaban J connectivity index is 1.31. The van der Waals surface area contributed by atoms with Gasteiger partial charge in [-0.25, -0.2) is 4.98 Å². The molecule has 4 rings (SSSR count). The second kappa shape index (κ2) is 7.48. The summed E-state index contributed by atoms with van der Waals surface area (Å²) in [6, 6.07) is 11.7. The number of nitrogens with zero attached hydrogens (tertiary/aromatic N) is 3. The van der Waals surface area contributed by atoms with Crippen molar-refractivity contribution in [3.63, 3.8) is 0 Å². The number of alkyl halides is 3. The lowest BCUT2D eigenvalue weighted by atomic mass is 10.1. The van der Waals surface area contributed by atoms with Crippen LogP contribution in [-0.2, 0) is 12.6 Å². The number of halogens is 3. The van der Waals surface area contributed by atoms with Crippen molar-refractivity contribution in [1.82, 2.24) is 9.88 Å². The molecular formula is C20H19F3N3S. The van der Waals surface area contributed by atoms with Crippen molar-refractivity contribution in [3.05, 3.63) is 59.1 Å². The summed E-state index contributed by atoms with van der Waals surface area (Å²) >= 11 is 1.53. The number of para-hydroxylation sites is 1. The van der Waals surface area contributed by atoms with Crippen LogP contribution in [0.15, 0.2) is 42.5 Å². The quantitative estimate of drug-likeness (QED) is 0.655. The van der Waals surface area contributed by atoms with Gasteiger partial charge in [-0.2, -0.15) is 13.2 Å². The summed E-state index contributed by atoms with van der Waals surface area (Å²) in [4.78, 5) is 9.09. The fourth-order valence-electron chi connectivity index (χ4n) is 3.44. The van der Waals surface area contributed by atoms with Gasteiger partial charge >= 0.3 is 6.18 Å². The third-order valence-corrected chi connectivity index (χ3v) is 5.73. The number of hydrogen-bond acceptors (Lipinski definition) is 4. The third-order valence-electron chi connectivity index (χ3n) is 5.00. The Labute approximate surface area is 160 Å². The van der Waals surface area contributed by atoms with E-state index in [2.05, 4.69) is 38.5 Å². The first-order valence-corrected chi connectivity index (χ1v) is 9.71. The van der Waals surface area contributed by atoms with Gasteiger partial charge in [0.1, 0.15) is 5.52 Å². The lowest BCUT2D eigenvalue weighted by Gasteiger charge is -2.36. The lowest BCUT2D eigenvalue weighted by molar-refractivity contribution is -0.137. The van der Waals surface area contributed by atoms with E-state index < -0.39 is 11.7 Å². The number of piperazine rings is 1. The van der Waals surface area contributed by atoms with Gasteiger partial charge in [-0.3, -0.25) is 4.90 Å². The number of fused-ring (bicyclic) bond motifs is 1. The molecule has 1 saturated heterocycles. The zero-order valence-electron chi connectivity index (χ0n) is 14.7. The van der Waals surface area contributed by atoms with Crippen LogP contribution in [-0.4, -0.2) is 42.6 Å². The summed E-state index contributed by atoms with van der Waals surface area (Å²) in [5, 5.41) is 0. The summed E-state index contributed by atoms with van der Waals surface area (Å²) in [5.41, 5.74) is 5.48. The molecule has 0 amide bonds. The van der Waals surface area contributed by atoms with E-state index in [9.17, 15) is 13.2 Å². The van der Waals surface area contributed by atoms with E-state index in [4.69, 9.17) is 0 Å². The Morgan fingerprint density at radius 1 is 1.00 bits per heavy atom. The van der Waals surface area contributed by atoms with Gasteiger partial charge in [0.25, 0.3) is 0 Å². The van der Waals surface area contributed by atoms with E-state index in [0.717, 1.165) is 60.6 Å². The minimum Gasteiger partial charge on any atom is -0.367 e. The van der Waals surface area contributed by atoms with Crippen LogP contribution in [0, 0.1) is 5.51 Å². The molecule has 0 atom stereocenters. The SMILES string of the molecule is FC(F)(F)c1ccc(CCN2CCN(c3cccc4s[c]nc34)CC2)cc1. The summed E-state index contributed by atoms with van der Waals surface area (Å²) < 4.78 is 39.0. The molecule has 1 radical (unpaired) electrons. The van der Waals surface area contributed by atoms with Crippen LogP contribution in [0.2, 0.25) is 0 Å². The molecule has 0 bridgehead atoms. The maximum atomic E-state index is 12.6. The van der Waals surface area contributed by atoms with Crippen molar-refractivity contribution in [1.29, 1.82) is 0 Å². The highest BCUT2D eigenvalue weighted by atomic mass is 32.1. The van der Waals surface area contributed by atoms with Crippen molar-refractivity contribution in [2.24, 2.45) is 0 Å². The Bertz CT molecular complexity index is 897. The average Bonchev–Trinajstić information content (AvgIpc) is 3.15. The van der Waals surface area contributed by atoms with E-state index in [1.807, 2.05) is 0 Å². The van der Waals surface area contributed by atoms with Crippen molar-refractivity contribution >= 4 is 27.2 Å². The van der Waals surface area contributed by atoms with E-state index in [-0.39, 0.29) is 0 Å². The Kier molecular flexibility index (Phi) is 5.06. The van der Waals surface area contributed by atoms with E-state index in [1.54, 1.807) is 12.1 Å². The monoisotopic (exact) mass is 390 g/mol. The molecule has 0 unspecified atom stereocenters. The normalized spacial score (nSPS) is 16.2. The number of thiazole rings is 1. The molecule has 2 aromatic carbocycles. The minimum absolute atomic E-state index is 0.590. The summed E-state index contributed by atoms with van der Waals surface area (Å²) in [6.07, 6.45) is -3.51. The largest absolute Gasteiger partial charge is 0.416 e. The van der Waals surface area contributed by atoms with Gasteiger partial charge in [0.2, 0.25) is 0 Å². The molecule has 0 aliphatic carbocycles. The topological polar surface area (TPSA) is 19.4 Å². The molecule has 1 aliphatic heterocycles. The van der Waals surface area contributed by atoms with E-state index in [0.29, 0.717) is 0 Å². The standard InChI is InChI=1S/C20H19F3N3S/c21-20(22,23)16-6-4-15(5-7-16)8-9-25-10-12-26(13-11-25)17-2-1-3-18-19(17)24-14-27-18/h1-7H,8-13H2. The van der Waals surface area contributed by atoms with E-state index >= 15 is 0 Å². The Morgan fingerprint density at radius 3 is 2.44 bits per heavy atom. The van der Waals surface area contributed by atoms with Crippen LogP contribution in [0.4, 0.5) is 18.9 Å². The van der Waals surface area contributed by atoms with Crippen LogP contribution in [0.25, 0.3) is 10.2 Å². The maximum Gasteiger partial charge on any atom is 0.416 e. The number of hydrogen-bond donors (Lipinski definition) is 0. The molecule has 27 heavy (non-hydrogen) atoms. The molecule has 3 aromatic rings.